The molecule has 2 aromatic carbocycles. The molecular weight excluding hydrogens is 466 g/mol. The van der Waals surface area contributed by atoms with E-state index in [9.17, 15) is 30.7 Å². The van der Waals surface area contributed by atoms with Crippen LogP contribution in [0.15, 0.2) is 46.2 Å². The fourth-order valence-electron chi connectivity index (χ4n) is 2.52. The lowest BCUT2D eigenvalue weighted by Crippen LogP contribution is -2.24. The number of nitrogens with one attached hydrogen (secondary N) is 3. The number of carbonyl (C=O) groups is 1. The van der Waals surface area contributed by atoms with Crippen LogP contribution in [0.25, 0.3) is 12.2 Å². The lowest BCUT2D eigenvalue weighted by atomic mass is 10.1. The SMILES string of the molecule is CNC(=S)Nc1ccc(C=Cc2ccc(NC(C)=O)cc2S(=O)(=O)O)c(S(=O)(=O)O)c1. The minimum absolute atomic E-state index is 0.0245. The van der Waals surface area contributed by atoms with Crippen LogP contribution >= 0.6 is 12.2 Å². The number of hydrogen-bond acceptors (Lipinski definition) is 6. The Bertz CT molecular complexity index is 1270. The number of amides is 1. The molecule has 0 aliphatic heterocycles. The zero-order valence-corrected chi connectivity index (χ0v) is 18.7. The van der Waals surface area contributed by atoms with E-state index < -0.39 is 35.9 Å². The van der Waals surface area contributed by atoms with Crippen molar-refractivity contribution in [3.05, 3.63) is 47.5 Å². The fraction of sp³-hybridized carbons (Fsp3) is 0.111. The van der Waals surface area contributed by atoms with Gasteiger partial charge in [-0.2, -0.15) is 16.8 Å². The van der Waals surface area contributed by atoms with Crippen LogP contribution < -0.4 is 16.0 Å². The maximum Gasteiger partial charge on any atom is 0.295 e. The molecule has 0 saturated heterocycles. The van der Waals surface area contributed by atoms with Crippen LogP contribution in [0.1, 0.15) is 18.1 Å². The summed E-state index contributed by atoms with van der Waals surface area (Å²) in [5.74, 6) is -0.436. The Balaban J connectivity index is 2.54. The van der Waals surface area contributed by atoms with Crippen LogP contribution in [0, 0.1) is 0 Å². The molecular formula is C18H19N3O7S3. The lowest BCUT2D eigenvalue weighted by molar-refractivity contribution is -0.114. The third-order valence-corrected chi connectivity index (χ3v) is 5.96. The van der Waals surface area contributed by atoms with E-state index in [0.29, 0.717) is 5.69 Å². The second kappa shape index (κ2) is 9.53. The van der Waals surface area contributed by atoms with E-state index >= 15 is 0 Å². The number of hydrogen-bond donors (Lipinski definition) is 5. The Morgan fingerprint density at radius 3 is 1.65 bits per heavy atom. The molecule has 10 nitrogen and oxygen atoms in total. The first-order valence-corrected chi connectivity index (χ1v) is 11.8. The van der Waals surface area contributed by atoms with Crippen molar-refractivity contribution in [2.24, 2.45) is 0 Å². The van der Waals surface area contributed by atoms with Gasteiger partial charge in [-0.1, -0.05) is 24.3 Å². The second-order valence-corrected chi connectivity index (χ2v) is 9.36. The van der Waals surface area contributed by atoms with E-state index in [1.807, 2.05) is 0 Å². The number of carbonyl (C=O) groups excluding carboxylic acids is 1. The van der Waals surface area contributed by atoms with Crippen LogP contribution in [0.4, 0.5) is 11.4 Å². The average molecular weight is 486 g/mol. The highest BCUT2D eigenvalue weighted by molar-refractivity contribution is 7.86. The standard InChI is InChI=1S/C18H19N3O7S3/c1-11(22)20-14-7-5-12(16(9-14)30(23,24)25)3-4-13-6-8-15(21-18(29)19-2)10-17(13)31(26,27)28/h3-10H,1-2H3,(H,20,22)(H2,19,21,29)(H,23,24,25)(H,26,27,28). The summed E-state index contributed by atoms with van der Waals surface area (Å²) in [7, 11) is -7.72. The quantitative estimate of drug-likeness (QED) is 0.233. The highest BCUT2D eigenvalue weighted by atomic mass is 32.2. The summed E-state index contributed by atoms with van der Waals surface area (Å²) in [4.78, 5) is 10.2. The minimum atomic E-state index is -4.66. The van der Waals surface area contributed by atoms with Gasteiger partial charge in [0, 0.05) is 25.3 Å². The van der Waals surface area contributed by atoms with Gasteiger partial charge in [-0.15, -0.1) is 0 Å². The summed E-state index contributed by atoms with van der Waals surface area (Å²) in [6.45, 7) is 1.24. The zero-order chi connectivity index (χ0) is 23.4. The molecule has 0 heterocycles. The first-order valence-electron chi connectivity index (χ1n) is 8.49. The van der Waals surface area contributed by atoms with Gasteiger partial charge < -0.3 is 16.0 Å². The van der Waals surface area contributed by atoms with Crippen molar-refractivity contribution in [3.63, 3.8) is 0 Å². The second-order valence-electron chi connectivity index (χ2n) is 6.17. The predicted octanol–water partition coefficient (Wildman–Crippen LogP) is 2.23. The first-order chi connectivity index (χ1) is 14.3. The van der Waals surface area contributed by atoms with Crippen molar-refractivity contribution in [2.75, 3.05) is 17.7 Å². The van der Waals surface area contributed by atoms with E-state index in [1.165, 1.54) is 43.3 Å². The summed E-state index contributed by atoms with van der Waals surface area (Å²) >= 11 is 4.95. The molecule has 5 N–H and O–H groups in total. The molecule has 0 radical (unpaired) electrons. The van der Waals surface area contributed by atoms with Crippen LogP contribution in [-0.2, 0) is 25.0 Å². The maximum absolute atomic E-state index is 11.8. The molecule has 13 heteroatoms. The average Bonchev–Trinajstić information content (AvgIpc) is 2.65. The first kappa shape index (κ1) is 24.4. The van der Waals surface area contributed by atoms with Crippen molar-refractivity contribution in [1.82, 2.24) is 5.32 Å². The monoisotopic (exact) mass is 485 g/mol. The molecule has 0 aromatic heterocycles. The van der Waals surface area contributed by atoms with Gasteiger partial charge in [0.25, 0.3) is 20.2 Å². The van der Waals surface area contributed by atoms with Gasteiger partial charge in [0.15, 0.2) is 5.11 Å². The molecule has 166 valence electrons. The number of thiocarbonyl (C=S) groups is 1. The fourth-order valence-corrected chi connectivity index (χ4v) is 4.06. The zero-order valence-electron chi connectivity index (χ0n) is 16.3. The van der Waals surface area contributed by atoms with Crippen LogP contribution in [0.2, 0.25) is 0 Å². The summed E-state index contributed by atoms with van der Waals surface area (Å²) < 4.78 is 66.2. The summed E-state index contributed by atoms with van der Waals surface area (Å²) in [6.07, 6.45) is 2.50. The Kier molecular flexibility index (Phi) is 7.51. The van der Waals surface area contributed by atoms with E-state index in [-0.39, 0.29) is 21.9 Å². The Morgan fingerprint density at radius 2 is 1.29 bits per heavy atom. The molecule has 0 bridgehead atoms. The van der Waals surface area contributed by atoms with E-state index in [2.05, 4.69) is 16.0 Å². The highest BCUT2D eigenvalue weighted by Crippen LogP contribution is 2.26. The topological polar surface area (TPSA) is 162 Å². The third kappa shape index (κ3) is 6.83. The maximum atomic E-state index is 11.8. The molecule has 0 aliphatic carbocycles. The van der Waals surface area contributed by atoms with Crippen molar-refractivity contribution < 1.29 is 30.7 Å². The van der Waals surface area contributed by atoms with Crippen LogP contribution in [0.5, 0.6) is 0 Å². The Hall–Kier alpha value is -2.84. The molecule has 0 aliphatic rings. The smallest absolute Gasteiger partial charge is 0.295 e. The summed E-state index contributed by atoms with van der Waals surface area (Å²) in [5.41, 5.74) is 0.515. The van der Waals surface area contributed by atoms with Gasteiger partial charge in [-0.25, -0.2) is 0 Å². The van der Waals surface area contributed by atoms with Crippen molar-refractivity contribution in [3.8, 4) is 0 Å². The Labute approximate surface area is 184 Å². The molecule has 2 aromatic rings. The summed E-state index contributed by atoms with van der Waals surface area (Å²) in [5, 5.41) is 8.01. The predicted molar refractivity (Wildman–Crippen MR) is 121 cm³/mol. The molecule has 0 saturated carbocycles. The van der Waals surface area contributed by atoms with Gasteiger partial charge in [0.05, 0.1) is 0 Å². The summed E-state index contributed by atoms with van der Waals surface area (Å²) in [6, 6.07) is 7.82. The highest BCUT2D eigenvalue weighted by Gasteiger charge is 2.17. The van der Waals surface area contributed by atoms with Gasteiger partial charge in [-0.3, -0.25) is 13.9 Å². The molecule has 1 amide bonds. The van der Waals surface area contributed by atoms with Gasteiger partial charge >= 0.3 is 0 Å². The van der Waals surface area contributed by atoms with E-state index in [1.54, 1.807) is 7.05 Å². The van der Waals surface area contributed by atoms with E-state index in [4.69, 9.17) is 12.2 Å². The van der Waals surface area contributed by atoms with Crippen molar-refractivity contribution >= 4 is 67.0 Å². The molecule has 0 spiro atoms. The number of anilines is 2. The normalized spacial score (nSPS) is 11.9. The molecule has 0 atom stereocenters. The van der Waals surface area contributed by atoms with Crippen molar-refractivity contribution in [2.45, 2.75) is 16.7 Å². The molecule has 31 heavy (non-hydrogen) atoms. The third-order valence-electron chi connectivity index (χ3n) is 3.83. The van der Waals surface area contributed by atoms with E-state index in [0.717, 1.165) is 12.1 Å². The molecule has 0 fully saturated rings. The van der Waals surface area contributed by atoms with Crippen molar-refractivity contribution in [1.29, 1.82) is 0 Å². The largest absolute Gasteiger partial charge is 0.366 e. The minimum Gasteiger partial charge on any atom is -0.366 e. The van der Waals surface area contributed by atoms with Gasteiger partial charge in [-0.05, 0) is 47.6 Å². The van der Waals surface area contributed by atoms with Gasteiger partial charge in [0.2, 0.25) is 5.91 Å². The molecule has 0 unspecified atom stereocenters. The Morgan fingerprint density at radius 1 is 0.871 bits per heavy atom. The van der Waals surface area contributed by atoms with Gasteiger partial charge in [0.1, 0.15) is 9.79 Å². The molecule has 2 rings (SSSR count). The van der Waals surface area contributed by atoms with Crippen LogP contribution in [-0.4, -0.2) is 44.0 Å². The lowest BCUT2D eigenvalue weighted by Gasteiger charge is -2.10. The number of benzene rings is 2. The van der Waals surface area contributed by atoms with Crippen LogP contribution in [0.3, 0.4) is 0 Å². The number of rotatable bonds is 6.